The van der Waals surface area contributed by atoms with Crippen molar-refractivity contribution < 1.29 is 0 Å². The van der Waals surface area contributed by atoms with Gasteiger partial charge in [0.05, 0.1) is 5.38 Å². The van der Waals surface area contributed by atoms with Crippen LogP contribution >= 0.6 is 58.0 Å². The van der Waals surface area contributed by atoms with E-state index in [1.807, 2.05) is 0 Å². The molecule has 0 aromatic rings. The van der Waals surface area contributed by atoms with Crippen LogP contribution in [-0.4, -0.2) is 10.2 Å². The number of alkyl halides is 3. The molecule has 1 atom stereocenters. The first-order chi connectivity index (χ1) is 4.91. The van der Waals surface area contributed by atoms with E-state index in [0.717, 1.165) is 0 Å². The largest absolute Gasteiger partial charge is 0.123 e. The molecule has 0 heterocycles. The Morgan fingerprint density at radius 2 is 1.36 bits per heavy atom. The highest BCUT2D eigenvalue weighted by atomic mass is 35.5. The summed E-state index contributed by atoms with van der Waals surface area (Å²) in [4.78, 5) is -0.438. The fourth-order valence-electron chi connectivity index (χ4n) is 0. The summed E-state index contributed by atoms with van der Waals surface area (Å²) < 4.78 is 0.324. The zero-order valence-corrected chi connectivity index (χ0v) is 9.90. The van der Waals surface area contributed by atoms with Crippen molar-refractivity contribution in [1.29, 1.82) is 0 Å². The third-order valence-corrected chi connectivity index (χ3v) is 2.27. The molecule has 0 amide bonds. The molecule has 0 spiro atoms. The second-order valence-electron chi connectivity index (χ2n) is 1.59. The molecule has 0 aliphatic heterocycles. The van der Waals surface area contributed by atoms with Crippen LogP contribution in [0.25, 0.3) is 0 Å². The van der Waals surface area contributed by atoms with E-state index in [4.69, 9.17) is 58.0 Å². The summed E-state index contributed by atoms with van der Waals surface area (Å²) in [7, 11) is 0. The molecule has 0 nitrogen and oxygen atoms in total. The summed E-state index contributed by atoms with van der Waals surface area (Å²) in [5.74, 6) is 0. The Labute approximate surface area is 92.4 Å². The van der Waals surface area contributed by atoms with Crippen molar-refractivity contribution in [3.8, 4) is 0 Å². The number of allylic oxidation sites excluding steroid dienone is 1. The second kappa shape index (κ2) is 9.28. The van der Waals surface area contributed by atoms with E-state index in [0.29, 0.717) is 4.49 Å². The van der Waals surface area contributed by atoms with Crippen LogP contribution in [0.3, 0.4) is 0 Å². The van der Waals surface area contributed by atoms with E-state index in [1.165, 1.54) is 0 Å². The topological polar surface area (TPSA) is 0 Å². The van der Waals surface area contributed by atoms with Crippen molar-refractivity contribution in [3.63, 3.8) is 0 Å². The minimum Gasteiger partial charge on any atom is -0.120 e. The molecule has 0 fully saturated rings. The molecule has 0 aliphatic carbocycles. The SMILES string of the molecule is CC(Cl)C(Cl)Cl.CC=C(Cl)Cl. The summed E-state index contributed by atoms with van der Waals surface area (Å²) in [6.45, 7) is 3.52. The maximum atomic E-state index is 5.35. The van der Waals surface area contributed by atoms with E-state index >= 15 is 0 Å². The van der Waals surface area contributed by atoms with Crippen LogP contribution in [0, 0.1) is 0 Å². The van der Waals surface area contributed by atoms with Gasteiger partial charge in [-0.1, -0.05) is 29.3 Å². The highest BCUT2D eigenvalue weighted by Crippen LogP contribution is 2.11. The van der Waals surface area contributed by atoms with Crippen LogP contribution in [0.15, 0.2) is 10.6 Å². The molecule has 0 N–H and O–H groups in total. The maximum absolute atomic E-state index is 5.35. The van der Waals surface area contributed by atoms with Gasteiger partial charge in [-0.3, -0.25) is 0 Å². The van der Waals surface area contributed by atoms with Crippen LogP contribution in [0.1, 0.15) is 13.8 Å². The van der Waals surface area contributed by atoms with Gasteiger partial charge < -0.3 is 0 Å². The lowest BCUT2D eigenvalue weighted by molar-refractivity contribution is 1.05. The first-order valence-corrected chi connectivity index (χ1v) is 4.87. The average Bonchev–Trinajstić information content (AvgIpc) is 1.89. The molecule has 0 rings (SSSR count). The van der Waals surface area contributed by atoms with E-state index in [-0.39, 0.29) is 5.38 Å². The first kappa shape index (κ1) is 14.7. The Balaban J connectivity index is 0. The van der Waals surface area contributed by atoms with Gasteiger partial charge in [-0.2, -0.15) is 0 Å². The minimum atomic E-state index is -0.438. The second-order valence-corrected chi connectivity index (χ2v) is 4.45. The lowest BCUT2D eigenvalue weighted by Gasteiger charge is -1.97. The fourth-order valence-corrected chi connectivity index (χ4v) is 0. The molecule has 0 saturated carbocycles. The highest BCUT2D eigenvalue weighted by Gasteiger charge is 2.04. The van der Waals surface area contributed by atoms with Gasteiger partial charge in [0.2, 0.25) is 0 Å². The van der Waals surface area contributed by atoms with E-state index in [9.17, 15) is 0 Å². The third-order valence-electron chi connectivity index (χ3n) is 0.565. The third kappa shape index (κ3) is 18.3. The van der Waals surface area contributed by atoms with Crippen LogP contribution < -0.4 is 0 Å². The van der Waals surface area contributed by atoms with Gasteiger partial charge in [0.15, 0.2) is 0 Å². The van der Waals surface area contributed by atoms with Crippen molar-refractivity contribution >= 4 is 58.0 Å². The van der Waals surface area contributed by atoms with Crippen LogP contribution in [0.2, 0.25) is 0 Å². The summed E-state index contributed by atoms with van der Waals surface area (Å²) in [6.07, 6.45) is 1.61. The molecule has 0 bridgehead atoms. The zero-order valence-electron chi connectivity index (χ0n) is 6.12. The Morgan fingerprint density at radius 3 is 1.36 bits per heavy atom. The minimum absolute atomic E-state index is 0.145. The van der Waals surface area contributed by atoms with Crippen LogP contribution in [0.4, 0.5) is 0 Å². The first-order valence-electron chi connectivity index (χ1n) is 2.81. The van der Waals surface area contributed by atoms with E-state index in [1.54, 1.807) is 19.9 Å². The number of hydrogen-bond acceptors (Lipinski definition) is 0. The molecular weight excluding hydrogens is 249 g/mol. The van der Waals surface area contributed by atoms with Crippen molar-refractivity contribution in [2.24, 2.45) is 0 Å². The van der Waals surface area contributed by atoms with Gasteiger partial charge in [0.1, 0.15) is 9.33 Å². The smallest absolute Gasteiger partial charge is 0.120 e. The standard InChI is InChI=1S/C3H5Cl3.C3H4Cl2/c1-2(4)3(5)6;1-2-3(4)5/h2-3H,1H3;2H,1H3. The van der Waals surface area contributed by atoms with Crippen molar-refractivity contribution in [1.82, 2.24) is 0 Å². The van der Waals surface area contributed by atoms with Crippen molar-refractivity contribution in [2.45, 2.75) is 24.1 Å². The molecule has 68 valence electrons. The monoisotopic (exact) mass is 256 g/mol. The Kier molecular flexibility index (Phi) is 12.4. The van der Waals surface area contributed by atoms with Gasteiger partial charge in [-0.05, 0) is 13.8 Å². The lowest BCUT2D eigenvalue weighted by atomic mass is 10.6. The summed E-state index contributed by atoms with van der Waals surface area (Å²) in [5, 5.41) is -0.145. The van der Waals surface area contributed by atoms with Crippen molar-refractivity contribution in [3.05, 3.63) is 10.6 Å². The normalized spacial score (nSPS) is 11.6. The Hall–Kier alpha value is 1.19. The van der Waals surface area contributed by atoms with Gasteiger partial charge >= 0.3 is 0 Å². The molecule has 0 aromatic heterocycles. The molecular formula is C6H9Cl5. The van der Waals surface area contributed by atoms with E-state index in [2.05, 4.69) is 0 Å². The summed E-state index contributed by atoms with van der Waals surface area (Å²) in [5.41, 5.74) is 0. The molecule has 5 heteroatoms. The van der Waals surface area contributed by atoms with E-state index < -0.39 is 4.84 Å². The Bertz CT molecular complexity index is 97.5. The average molecular weight is 258 g/mol. The summed E-state index contributed by atoms with van der Waals surface area (Å²) in [6, 6.07) is 0. The van der Waals surface area contributed by atoms with Gasteiger partial charge in [0, 0.05) is 0 Å². The molecule has 0 aromatic carbocycles. The molecule has 0 saturated heterocycles. The summed E-state index contributed by atoms with van der Waals surface area (Å²) >= 11 is 26.0. The van der Waals surface area contributed by atoms with Crippen molar-refractivity contribution in [2.75, 3.05) is 0 Å². The Morgan fingerprint density at radius 1 is 1.18 bits per heavy atom. The quantitative estimate of drug-likeness (QED) is 0.596. The predicted molar refractivity (Wildman–Crippen MR) is 56.3 cm³/mol. The number of halogens is 5. The highest BCUT2D eigenvalue weighted by molar-refractivity contribution is 6.55. The number of hydrogen-bond donors (Lipinski definition) is 0. The van der Waals surface area contributed by atoms with Crippen LogP contribution in [0.5, 0.6) is 0 Å². The van der Waals surface area contributed by atoms with Crippen LogP contribution in [-0.2, 0) is 0 Å². The molecule has 11 heavy (non-hydrogen) atoms. The molecule has 0 radical (unpaired) electrons. The zero-order chi connectivity index (χ0) is 9.44. The predicted octanol–water partition coefficient (Wildman–Crippen LogP) is 4.74. The van der Waals surface area contributed by atoms with Gasteiger partial charge in [0.25, 0.3) is 0 Å². The van der Waals surface area contributed by atoms with Gasteiger partial charge in [-0.15, -0.1) is 34.8 Å². The van der Waals surface area contributed by atoms with Gasteiger partial charge in [-0.25, -0.2) is 0 Å². The fraction of sp³-hybridized carbons (Fsp3) is 0.667. The molecule has 1 unspecified atom stereocenters. The lowest BCUT2D eigenvalue weighted by Crippen LogP contribution is -2.00. The molecule has 0 aliphatic rings. The maximum Gasteiger partial charge on any atom is 0.123 e. The number of rotatable bonds is 1.